The quantitative estimate of drug-likeness (QED) is 0.810. The zero-order valence-corrected chi connectivity index (χ0v) is 11.5. The number of nitrogens with one attached hydrogen (secondary N) is 1. The Morgan fingerprint density at radius 3 is 2.89 bits per heavy atom. The molecule has 4 nitrogen and oxygen atoms in total. The third-order valence-corrected chi connectivity index (χ3v) is 3.21. The van der Waals surface area contributed by atoms with Gasteiger partial charge in [-0.15, -0.1) is 0 Å². The molecule has 19 heavy (non-hydrogen) atoms. The van der Waals surface area contributed by atoms with E-state index in [0.717, 1.165) is 29.6 Å². The number of hydrogen-bond acceptors (Lipinski definition) is 2. The smallest absolute Gasteiger partial charge is 0.239 e. The van der Waals surface area contributed by atoms with Crippen LogP contribution in [0.1, 0.15) is 20.3 Å². The number of benzene rings is 1. The fourth-order valence-corrected chi connectivity index (χ4v) is 2.10. The monoisotopic (exact) mass is 259 g/mol. The van der Waals surface area contributed by atoms with Crippen LogP contribution in [0.3, 0.4) is 0 Å². The lowest BCUT2D eigenvalue weighted by Gasteiger charge is -2.09. The van der Waals surface area contributed by atoms with Crippen LogP contribution in [0, 0.1) is 5.92 Å². The van der Waals surface area contributed by atoms with Crippen LogP contribution in [-0.4, -0.2) is 17.0 Å². The van der Waals surface area contributed by atoms with E-state index in [2.05, 4.69) is 19.2 Å². The van der Waals surface area contributed by atoms with Crippen molar-refractivity contribution in [1.29, 1.82) is 0 Å². The number of nitrogen functional groups attached to an aromatic ring is 1. The molecule has 0 aliphatic carbocycles. The second-order valence-corrected chi connectivity index (χ2v) is 5.26. The van der Waals surface area contributed by atoms with Gasteiger partial charge in [0, 0.05) is 23.8 Å². The van der Waals surface area contributed by atoms with Crippen LogP contribution in [0.25, 0.3) is 10.9 Å². The van der Waals surface area contributed by atoms with Crippen molar-refractivity contribution in [3.63, 3.8) is 0 Å². The number of nitrogens with zero attached hydrogens (tertiary/aromatic N) is 1. The second-order valence-electron chi connectivity index (χ2n) is 5.26. The highest BCUT2D eigenvalue weighted by Gasteiger charge is 2.07. The largest absolute Gasteiger partial charge is 0.398 e. The van der Waals surface area contributed by atoms with Gasteiger partial charge >= 0.3 is 0 Å². The van der Waals surface area contributed by atoms with Gasteiger partial charge in [-0.05, 0) is 30.5 Å². The summed E-state index contributed by atoms with van der Waals surface area (Å²) in [6.07, 6.45) is 2.91. The molecule has 0 saturated heterocycles. The van der Waals surface area contributed by atoms with E-state index in [-0.39, 0.29) is 5.91 Å². The van der Waals surface area contributed by atoms with Gasteiger partial charge in [0.15, 0.2) is 0 Å². The highest BCUT2D eigenvalue weighted by atomic mass is 16.1. The van der Waals surface area contributed by atoms with Gasteiger partial charge in [-0.2, -0.15) is 0 Å². The average Bonchev–Trinajstić information content (AvgIpc) is 2.73. The Balaban J connectivity index is 2.01. The molecule has 0 aliphatic rings. The summed E-state index contributed by atoms with van der Waals surface area (Å²) in [6, 6.07) is 7.71. The van der Waals surface area contributed by atoms with Gasteiger partial charge in [0.05, 0.1) is 5.52 Å². The Hall–Kier alpha value is -1.97. The molecule has 0 saturated carbocycles. The minimum Gasteiger partial charge on any atom is -0.398 e. The molecule has 1 amide bonds. The highest BCUT2D eigenvalue weighted by Crippen LogP contribution is 2.21. The van der Waals surface area contributed by atoms with Gasteiger partial charge in [-0.25, -0.2) is 0 Å². The fourth-order valence-electron chi connectivity index (χ4n) is 2.10. The van der Waals surface area contributed by atoms with Gasteiger partial charge in [-0.3, -0.25) is 4.79 Å². The molecule has 0 unspecified atom stereocenters. The van der Waals surface area contributed by atoms with Gasteiger partial charge in [0.1, 0.15) is 6.54 Å². The Morgan fingerprint density at radius 2 is 2.16 bits per heavy atom. The van der Waals surface area contributed by atoms with Crippen molar-refractivity contribution >= 4 is 22.5 Å². The molecule has 2 rings (SSSR count). The maximum absolute atomic E-state index is 11.9. The Labute approximate surface area is 113 Å². The molecule has 4 heteroatoms. The summed E-state index contributed by atoms with van der Waals surface area (Å²) in [7, 11) is 0. The molecule has 0 fully saturated rings. The number of nitrogens with two attached hydrogens (primary N) is 1. The van der Waals surface area contributed by atoms with Crippen LogP contribution < -0.4 is 11.1 Å². The van der Waals surface area contributed by atoms with Crippen LogP contribution >= 0.6 is 0 Å². The Bertz CT molecular complexity index is 572. The first-order valence-electron chi connectivity index (χ1n) is 6.68. The predicted molar refractivity (Wildman–Crippen MR) is 78.8 cm³/mol. The van der Waals surface area contributed by atoms with Crippen molar-refractivity contribution in [2.24, 2.45) is 5.92 Å². The van der Waals surface area contributed by atoms with Gasteiger partial charge < -0.3 is 15.6 Å². The molecule has 3 N–H and O–H groups in total. The van der Waals surface area contributed by atoms with Crippen LogP contribution in [0.5, 0.6) is 0 Å². The minimum absolute atomic E-state index is 0.0422. The standard InChI is InChI=1S/C15H21N3O/c1-11(2)6-8-17-15(19)10-18-9-7-12-13(16)4-3-5-14(12)18/h3-5,7,9,11H,6,8,10,16H2,1-2H3,(H,17,19). The SMILES string of the molecule is CC(C)CCNC(=O)Cn1ccc2c(N)cccc21. The minimum atomic E-state index is 0.0422. The van der Waals surface area contributed by atoms with Crippen molar-refractivity contribution in [3.8, 4) is 0 Å². The number of fused-ring (bicyclic) bond motifs is 1. The zero-order chi connectivity index (χ0) is 13.8. The van der Waals surface area contributed by atoms with Crippen LogP contribution in [0.2, 0.25) is 0 Å². The van der Waals surface area contributed by atoms with E-state index >= 15 is 0 Å². The molecule has 1 aromatic heterocycles. The average molecular weight is 259 g/mol. The summed E-state index contributed by atoms with van der Waals surface area (Å²) in [5, 5.41) is 3.94. The fraction of sp³-hybridized carbons (Fsp3) is 0.400. The summed E-state index contributed by atoms with van der Waals surface area (Å²) in [4.78, 5) is 11.9. The van der Waals surface area contributed by atoms with Gasteiger partial charge in [0.25, 0.3) is 0 Å². The van der Waals surface area contributed by atoms with Crippen molar-refractivity contribution in [2.45, 2.75) is 26.8 Å². The summed E-state index contributed by atoms with van der Waals surface area (Å²) in [5.74, 6) is 0.646. The first-order chi connectivity index (χ1) is 9.08. The number of hydrogen-bond donors (Lipinski definition) is 2. The number of amides is 1. The maximum Gasteiger partial charge on any atom is 0.239 e. The zero-order valence-electron chi connectivity index (χ0n) is 11.5. The lowest BCUT2D eigenvalue weighted by molar-refractivity contribution is -0.121. The molecule has 1 heterocycles. The molecule has 0 radical (unpaired) electrons. The predicted octanol–water partition coefficient (Wildman–Crippen LogP) is 2.39. The van der Waals surface area contributed by atoms with Crippen molar-refractivity contribution in [2.75, 3.05) is 12.3 Å². The lowest BCUT2D eigenvalue weighted by atomic mass is 10.1. The Morgan fingerprint density at radius 1 is 1.37 bits per heavy atom. The highest BCUT2D eigenvalue weighted by molar-refractivity contribution is 5.92. The summed E-state index contributed by atoms with van der Waals surface area (Å²) in [6.45, 7) is 5.37. The van der Waals surface area contributed by atoms with E-state index in [1.54, 1.807) is 0 Å². The Kier molecular flexibility index (Phi) is 4.10. The first kappa shape index (κ1) is 13.5. The summed E-state index contributed by atoms with van der Waals surface area (Å²) >= 11 is 0. The molecule has 2 aromatic rings. The van der Waals surface area contributed by atoms with Crippen LogP contribution in [-0.2, 0) is 11.3 Å². The number of anilines is 1. The molecule has 1 aromatic carbocycles. The second kappa shape index (κ2) is 5.78. The van der Waals surface area contributed by atoms with Crippen molar-refractivity contribution in [1.82, 2.24) is 9.88 Å². The van der Waals surface area contributed by atoms with Gasteiger partial charge in [0.2, 0.25) is 5.91 Å². The maximum atomic E-state index is 11.9. The number of rotatable bonds is 5. The lowest BCUT2D eigenvalue weighted by Crippen LogP contribution is -2.28. The third kappa shape index (κ3) is 3.28. The number of carbonyl (C=O) groups is 1. The van der Waals surface area contributed by atoms with Crippen molar-refractivity contribution < 1.29 is 4.79 Å². The topological polar surface area (TPSA) is 60.0 Å². The molecule has 0 atom stereocenters. The molecule has 0 aliphatic heterocycles. The normalized spacial score (nSPS) is 11.1. The van der Waals surface area contributed by atoms with E-state index in [1.807, 2.05) is 35.0 Å². The first-order valence-corrected chi connectivity index (χ1v) is 6.68. The number of carbonyl (C=O) groups excluding carboxylic acids is 1. The third-order valence-electron chi connectivity index (χ3n) is 3.21. The van der Waals surface area contributed by atoms with Crippen LogP contribution in [0.15, 0.2) is 30.5 Å². The summed E-state index contributed by atoms with van der Waals surface area (Å²) < 4.78 is 1.93. The van der Waals surface area contributed by atoms with E-state index in [4.69, 9.17) is 5.73 Å². The summed E-state index contributed by atoms with van der Waals surface area (Å²) in [5.41, 5.74) is 7.65. The molecular weight excluding hydrogens is 238 g/mol. The van der Waals surface area contributed by atoms with Crippen molar-refractivity contribution in [3.05, 3.63) is 30.5 Å². The van der Waals surface area contributed by atoms with Gasteiger partial charge in [-0.1, -0.05) is 19.9 Å². The van der Waals surface area contributed by atoms with E-state index in [9.17, 15) is 4.79 Å². The van der Waals surface area contributed by atoms with E-state index in [0.29, 0.717) is 12.5 Å². The van der Waals surface area contributed by atoms with E-state index in [1.165, 1.54) is 0 Å². The molecular formula is C15H21N3O. The van der Waals surface area contributed by atoms with Crippen LogP contribution in [0.4, 0.5) is 5.69 Å². The molecule has 0 bridgehead atoms. The van der Waals surface area contributed by atoms with E-state index < -0.39 is 0 Å². The number of aromatic nitrogens is 1. The molecule has 102 valence electrons. The molecule has 0 spiro atoms.